The molecule has 0 saturated carbocycles. The molecule has 2 heterocycles. The number of carbonyl (C=O) groups is 1. The van der Waals surface area contributed by atoms with Crippen molar-refractivity contribution in [2.45, 2.75) is 46.3 Å². The highest BCUT2D eigenvalue weighted by molar-refractivity contribution is 5.97. The molecule has 10 heteroatoms. The molecule has 0 aliphatic carbocycles. The highest BCUT2D eigenvalue weighted by atomic mass is 19.4. The van der Waals surface area contributed by atoms with Gasteiger partial charge in [-0.3, -0.25) is 10.0 Å². The Balaban J connectivity index is 1.78. The van der Waals surface area contributed by atoms with Crippen molar-refractivity contribution in [3.8, 4) is 0 Å². The molecule has 1 aromatic carbocycles. The Labute approximate surface area is 202 Å². The zero-order valence-electron chi connectivity index (χ0n) is 20.2. The van der Waals surface area contributed by atoms with Gasteiger partial charge in [-0.05, 0) is 49.1 Å². The molecule has 1 aliphatic heterocycles. The van der Waals surface area contributed by atoms with Crippen LogP contribution >= 0.6 is 0 Å². The summed E-state index contributed by atoms with van der Waals surface area (Å²) >= 11 is 0. The molecule has 0 radical (unpaired) electrons. The van der Waals surface area contributed by atoms with Crippen LogP contribution in [-0.4, -0.2) is 45.5 Å². The first-order valence-corrected chi connectivity index (χ1v) is 11.4. The topological polar surface area (TPSA) is 81.1 Å². The van der Waals surface area contributed by atoms with E-state index < -0.39 is 11.7 Å². The average Bonchev–Trinajstić information content (AvgIpc) is 2.83. The summed E-state index contributed by atoms with van der Waals surface area (Å²) in [5, 5.41) is 14.0. The maximum atomic E-state index is 13.2. The van der Waals surface area contributed by atoms with Crippen LogP contribution in [0.3, 0.4) is 0 Å². The number of amides is 1. The minimum absolute atomic E-state index is 0.0257. The molecule has 0 bridgehead atoms. The SMILES string of the molecule is C/C=C(\N=C(C(C)CC)N(C)O)C(=O)N1CCc2c(cccc2Nc2ccc(C(F)(F)F)cn2)C1. The summed E-state index contributed by atoms with van der Waals surface area (Å²) in [6.07, 6.45) is -0.683. The maximum absolute atomic E-state index is 13.2. The third-order valence-electron chi connectivity index (χ3n) is 6.02. The molecular weight excluding hydrogens is 459 g/mol. The number of rotatable bonds is 6. The van der Waals surface area contributed by atoms with Gasteiger partial charge in [0, 0.05) is 37.9 Å². The molecule has 1 aromatic heterocycles. The number of aromatic nitrogens is 1. The van der Waals surface area contributed by atoms with Crippen molar-refractivity contribution < 1.29 is 23.2 Å². The Hall–Kier alpha value is -3.40. The molecule has 1 atom stereocenters. The largest absolute Gasteiger partial charge is 0.417 e. The lowest BCUT2D eigenvalue weighted by Crippen LogP contribution is -2.37. The normalized spacial score (nSPS) is 15.5. The van der Waals surface area contributed by atoms with E-state index in [0.29, 0.717) is 31.2 Å². The highest BCUT2D eigenvalue weighted by Gasteiger charge is 2.31. The number of carbonyl (C=O) groups excluding carboxylic acids is 1. The second-order valence-corrected chi connectivity index (χ2v) is 8.45. The van der Waals surface area contributed by atoms with E-state index in [1.807, 2.05) is 32.0 Å². The number of halogens is 3. The second kappa shape index (κ2) is 10.9. The number of pyridine rings is 1. The number of nitrogens with zero attached hydrogens (tertiary/aromatic N) is 4. The number of allylic oxidation sites excluding steroid dienone is 1. The average molecular weight is 490 g/mol. The van der Waals surface area contributed by atoms with E-state index >= 15 is 0 Å². The number of hydrogen-bond donors (Lipinski definition) is 2. The summed E-state index contributed by atoms with van der Waals surface area (Å²) in [4.78, 5) is 23.3. The highest BCUT2D eigenvalue weighted by Crippen LogP contribution is 2.31. The Morgan fingerprint density at radius 3 is 2.66 bits per heavy atom. The number of aliphatic imine (C=N–C) groups is 1. The van der Waals surface area contributed by atoms with E-state index in [2.05, 4.69) is 15.3 Å². The van der Waals surface area contributed by atoms with Gasteiger partial charge < -0.3 is 10.2 Å². The summed E-state index contributed by atoms with van der Waals surface area (Å²) in [6.45, 7) is 6.46. The third kappa shape index (κ3) is 6.19. The molecule has 0 spiro atoms. The number of anilines is 2. The van der Waals surface area contributed by atoms with Crippen LogP contribution in [0.1, 0.15) is 43.9 Å². The van der Waals surface area contributed by atoms with Gasteiger partial charge >= 0.3 is 6.18 Å². The van der Waals surface area contributed by atoms with Gasteiger partial charge in [-0.2, -0.15) is 13.2 Å². The third-order valence-corrected chi connectivity index (χ3v) is 6.02. The van der Waals surface area contributed by atoms with Gasteiger partial charge in [0.2, 0.25) is 0 Å². The van der Waals surface area contributed by atoms with E-state index in [1.54, 1.807) is 17.9 Å². The fraction of sp³-hybridized carbons (Fsp3) is 0.400. The van der Waals surface area contributed by atoms with Gasteiger partial charge in [0.05, 0.1) is 5.56 Å². The molecule has 188 valence electrons. The van der Waals surface area contributed by atoms with Crippen LogP contribution in [0.2, 0.25) is 0 Å². The molecule has 35 heavy (non-hydrogen) atoms. The monoisotopic (exact) mass is 489 g/mol. The number of benzene rings is 1. The smallest absolute Gasteiger partial charge is 0.340 e. The van der Waals surface area contributed by atoms with Crippen LogP contribution in [0.25, 0.3) is 0 Å². The van der Waals surface area contributed by atoms with E-state index in [0.717, 1.165) is 40.6 Å². The molecule has 7 nitrogen and oxygen atoms in total. The molecule has 1 unspecified atom stereocenters. The Morgan fingerprint density at radius 1 is 1.34 bits per heavy atom. The standard InChI is InChI=1S/C25H30F3N5O2/c1-5-16(3)23(32(4)35)31-20(6-2)24(34)33-13-12-19-17(15-33)8-7-9-21(19)30-22-11-10-18(14-29-22)25(26,27)28/h6-11,14,16,35H,5,12-13,15H2,1-4H3,(H,29,30)/b20-6-,31-23?. The number of amidine groups is 1. The van der Waals surface area contributed by atoms with Crippen LogP contribution in [-0.2, 0) is 23.9 Å². The lowest BCUT2D eigenvalue weighted by atomic mass is 9.97. The van der Waals surface area contributed by atoms with Gasteiger partial charge in [-0.15, -0.1) is 0 Å². The predicted octanol–water partition coefficient (Wildman–Crippen LogP) is 5.40. The van der Waals surface area contributed by atoms with Gasteiger partial charge in [0.25, 0.3) is 5.91 Å². The fourth-order valence-corrected chi connectivity index (χ4v) is 3.88. The summed E-state index contributed by atoms with van der Waals surface area (Å²) in [7, 11) is 1.49. The minimum atomic E-state index is -4.44. The zero-order valence-corrected chi connectivity index (χ0v) is 20.2. The molecule has 1 amide bonds. The Kier molecular flexibility index (Phi) is 8.16. The van der Waals surface area contributed by atoms with Crippen molar-refractivity contribution in [1.29, 1.82) is 0 Å². The number of alkyl halides is 3. The van der Waals surface area contributed by atoms with E-state index in [9.17, 15) is 23.2 Å². The minimum Gasteiger partial charge on any atom is -0.340 e. The van der Waals surface area contributed by atoms with Crippen LogP contribution in [0.15, 0.2) is 53.3 Å². The van der Waals surface area contributed by atoms with Gasteiger partial charge in [-0.25, -0.2) is 15.0 Å². The first-order valence-electron chi connectivity index (χ1n) is 11.4. The van der Waals surface area contributed by atoms with E-state index in [-0.39, 0.29) is 17.5 Å². The molecule has 2 N–H and O–H groups in total. The molecule has 3 rings (SSSR count). The van der Waals surface area contributed by atoms with Crippen molar-refractivity contribution in [2.75, 3.05) is 18.9 Å². The van der Waals surface area contributed by atoms with Crippen LogP contribution < -0.4 is 5.32 Å². The molecular formula is C25H30F3N5O2. The number of nitrogens with one attached hydrogen (secondary N) is 1. The van der Waals surface area contributed by atoms with Crippen molar-refractivity contribution in [1.82, 2.24) is 14.9 Å². The van der Waals surface area contributed by atoms with Crippen LogP contribution in [0.5, 0.6) is 0 Å². The summed E-state index contributed by atoms with van der Waals surface area (Å²) < 4.78 is 38.4. The van der Waals surface area contributed by atoms with E-state index in [1.165, 1.54) is 13.1 Å². The second-order valence-electron chi connectivity index (χ2n) is 8.45. The Bertz CT molecular complexity index is 1110. The van der Waals surface area contributed by atoms with Gasteiger partial charge in [0.15, 0.2) is 0 Å². The van der Waals surface area contributed by atoms with Crippen LogP contribution in [0.4, 0.5) is 24.7 Å². The van der Waals surface area contributed by atoms with Crippen molar-refractivity contribution >= 4 is 23.2 Å². The molecule has 0 saturated heterocycles. The fourth-order valence-electron chi connectivity index (χ4n) is 3.88. The predicted molar refractivity (Wildman–Crippen MR) is 128 cm³/mol. The van der Waals surface area contributed by atoms with Crippen LogP contribution in [0, 0.1) is 5.92 Å². The first-order chi connectivity index (χ1) is 16.5. The maximum Gasteiger partial charge on any atom is 0.417 e. The Morgan fingerprint density at radius 2 is 2.09 bits per heavy atom. The molecule has 1 aliphatic rings. The summed E-state index contributed by atoms with van der Waals surface area (Å²) in [5.74, 6) is 0.467. The number of fused-ring (bicyclic) bond motifs is 1. The number of hydrogen-bond acceptors (Lipinski definition) is 5. The van der Waals surface area contributed by atoms with E-state index in [4.69, 9.17) is 0 Å². The van der Waals surface area contributed by atoms with Gasteiger partial charge in [-0.1, -0.05) is 32.1 Å². The zero-order chi connectivity index (χ0) is 25.8. The van der Waals surface area contributed by atoms with Crippen molar-refractivity contribution in [3.63, 3.8) is 0 Å². The molecule has 0 fully saturated rings. The summed E-state index contributed by atoms with van der Waals surface area (Å²) in [5.41, 5.74) is 2.11. The van der Waals surface area contributed by atoms with Crippen molar-refractivity contribution in [2.24, 2.45) is 10.9 Å². The first kappa shape index (κ1) is 26.2. The quantitative estimate of drug-likeness (QED) is 0.246. The lowest BCUT2D eigenvalue weighted by molar-refractivity contribution is -0.137. The summed E-state index contributed by atoms with van der Waals surface area (Å²) in [6, 6.07) is 7.87. The van der Waals surface area contributed by atoms with Gasteiger partial charge in [0.1, 0.15) is 17.4 Å². The lowest BCUT2D eigenvalue weighted by Gasteiger charge is -2.30. The van der Waals surface area contributed by atoms with Crippen molar-refractivity contribution in [3.05, 3.63) is 65.0 Å². The number of hydroxylamine groups is 2. The molecule has 2 aromatic rings.